The smallest absolute Gasteiger partial charge is 0.314 e. The molecule has 0 bridgehead atoms. The van der Waals surface area contributed by atoms with E-state index in [9.17, 15) is 4.79 Å². The summed E-state index contributed by atoms with van der Waals surface area (Å²) in [5.41, 5.74) is 3.55. The highest BCUT2D eigenvalue weighted by molar-refractivity contribution is 5.78. The fourth-order valence-electron chi connectivity index (χ4n) is 2.18. The molecular weight excluding hydrogens is 332 g/mol. The lowest BCUT2D eigenvalue weighted by Gasteiger charge is -2.23. The molecule has 0 radical (unpaired) electrons. The van der Waals surface area contributed by atoms with Gasteiger partial charge in [-0.2, -0.15) is 0 Å². The molecule has 0 aromatic heterocycles. The molecule has 2 amide bonds. The Balaban J connectivity index is -0.000000480. The van der Waals surface area contributed by atoms with E-state index in [2.05, 4.69) is 93.7 Å². The number of allylic oxidation sites excluding steroid dienone is 3. The minimum absolute atomic E-state index is 0.137. The third-order valence-electron chi connectivity index (χ3n) is 2.98. The zero-order valence-electron chi connectivity index (χ0n) is 20.9. The maximum atomic E-state index is 11.6. The summed E-state index contributed by atoms with van der Waals surface area (Å²) in [6.45, 7) is 29.9. The summed E-state index contributed by atoms with van der Waals surface area (Å²) < 4.78 is 0. The number of hydrogen-bond donors (Lipinski definition) is 2. The van der Waals surface area contributed by atoms with Crippen molar-refractivity contribution < 1.29 is 4.79 Å². The maximum absolute atomic E-state index is 11.6. The molecule has 0 aliphatic carbocycles. The monoisotopic (exact) mass is 382 g/mol. The molecule has 0 unspecified atom stereocenters. The standard InChI is InChI=1S/C14H24N2O.2C4H10.C2H6/c1-8(2)11-7-15-14(17)16-13(10(5)6)12(11)9(3)4;2*1-4(2)3;1-2/h7-10H,1-6H3,(H2,15,16,17);2*4H,1-3H3;1-2H3. The van der Waals surface area contributed by atoms with Crippen LogP contribution in [0.4, 0.5) is 4.79 Å². The van der Waals surface area contributed by atoms with E-state index in [1.165, 1.54) is 11.1 Å². The number of nitrogens with one attached hydrogen (secondary N) is 2. The van der Waals surface area contributed by atoms with Crippen LogP contribution in [0.5, 0.6) is 0 Å². The molecule has 0 saturated carbocycles. The number of urea groups is 1. The molecule has 162 valence electrons. The minimum atomic E-state index is -0.137. The van der Waals surface area contributed by atoms with Gasteiger partial charge in [0.05, 0.1) is 0 Å². The van der Waals surface area contributed by atoms with Crippen LogP contribution in [0.1, 0.15) is 96.9 Å². The Morgan fingerprint density at radius 3 is 1.30 bits per heavy atom. The molecule has 3 heteroatoms. The first kappa shape index (κ1) is 30.5. The van der Waals surface area contributed by atoms with E-state index >= 15 is 0 Å². The third-order valence-corrected chi connectivity index (χ3v) is 2.98. The van der Waals surface area contributed by atoms with Gasteiger partial charge >= 0.3 is 6.03 Å². The summed E-state index contributed by atoms with van der Waals surface area (Å²) in [7, 11) is 0. The van der Waals surface area contributed by atoms with E-state index < -0.39 is 0 Å². The fraction of sp³-hybridized carbons (Fsp3) is 0.792. The van der Waals surface area contributed by atoms with Crippen molar-refractivity contribution in [3.8, 4) is 0 Å². The van der Waals surface area contributed by atoms with Crippen molar-refractivity contribution in [2.24, 2.45) is 29.6 Å². The van der Waals surface area contributed by atoms with Crippen LogP contribution in [-0.2, 0) is 0 Å². The maximum Gasteiger partial charge on any atom is 0.322 e. The molecule has 0 atom stereocenters. The lowest BCUT2D eigenvalue weighted by atomic mass is 9.85. The highest BCUT2D eigenvalue weighted by Gasteiger charge is 2.23. The molecule has 0 saturated heterocycles. The van der Waals surface area contributed by atoms with Gasteiger partial charge in [-0.25, -0.2) is 4.79 Å². The van der Waals surface area contributed by atoms with Crippen LogP contribution < -0.4 is 10.6 Å². The highest BCUT2D eigenvalue weighted by atomic mass is 16.2. The van der Waals surface area contributed by atoms with Crippen LogP contribution in [0, 0.1) is 29.6 Å². The Bertz CT molecular complexity index is 430. The fourth-order valence-corrected chi connectivity index (χ4v) is 2.18. The zero-order valence-corrected chi connectivity index (χ0v) is 20.9. The number of carbonyl (C=O) groups excluding carboxylic acids is 1. The van der Waals surface area contributed by atoms with Gasteiger partial charge in [0.2, 0.25) is 0 Å². The number of amides is 2. The van der Waals surface area contributed by atoms with Crippen molar-refractivity contribution in [3.63, 3.8) is 0 Å². The van der Waals surface area contributed by atoms with Gasteiger partial charge in [0.1, 0.15) is 0 Å². The molecule has 0 spiro atoms. The van der Waals surface area contributed by atoms with E-state index in [1.807, 2.05) is 20.0 Å². The van der Waals surface area contributed by atoms with E-state index in [4.69, 9.17) is 0 Å². The normalized spacial score (nSPS) is 13.7. The third kappa shape index (κ3) is 16.6. The highest BCUT2D eigenvalue weighted by Crippen LogP contribution is 2.31. The van der Waals surface area contributed by atoms with Gasteiger partial charge in [-0.15, -0.1) is 0 Å². The molecule has 0 aromatic carbocycles. The zero-order chi connectivity index (χ0) is 22.3. The number of carbonyl (C=O) groups is 1. The van der Waals surface area contributed by atoms with Gasteiger partial charge in [0.25, 0.3) is 0 Å². The molecule has 1 rings (SSSR count). The summed E-state index contributed by atoms with van der Waals surface area (Å²) in [5.74, 6) is 2.79. The summed E-state index contributed by atoms with van der Waals surface area (Å²) in [5, 5.41) is 5.76. The average molecular weight is 383 g/mol. The van der Waals surface area contributed by atoms with Crippen LogP contribution in [0.2, 0.25) is 0 Å². The SMILES string of the molecule is CC.CC(C)C.CC(C)C.CC(C)C1=CNC(=O)NC(C(C)C)=C1C(C)C. The quantitative estimate of drug-likeness (QED) is 0.514. The van der Waals surface area contributed by atoms with Crippen molar-refractivity contribution in [1.29, 1.82) is 0 Å². The Morgan fingerprint density at radius 2 is 1.04 bits per heavy atom. The Hall–Kier alpha value is -1.25. The van der Waals surface area contributed by atoms with Crippen molar-refractivity contribution in [2.75, 3.05) is 0 Å². The van der Waals surface area contributed by atoms with Crippen LogP contribution in [0.25, 0.3) is 0 Å². The van der Waals surface area contributed by atoms with Gasteiger partial charge < -0.3 is 10.6 Å². The molecular formula is C24H50N2O. The minimum Gasteiger partial charge on any atom is -0.314 e. The van der Waals surface area contributed by atoms with Crippen molar-refractivity contribution in [3.05, 3.63) is 23.0 Å². The predicted molar refractivity (Wildman–Crippen MR) is 124 cm³/mol. The molecule has 27 heavy (non-hydrogen) atoms. The van der Waals surface area contributed by atoms with Crippen LogP contribution in [0.3, 0.4) is 0 Å². The average Bonchev–Trinajstić information content (AvgIpc) is 2.67. The predicted octanol–water partition coefficient (Wildman–Crippen LogP) is 7.76. The lowest BCUT2D eigenvalue weighted by molar-refractivity contribution is 0.245. The van der Waals surface area contributed by atoms with E-state index in [1.54, 1.807) is 0 Å². The van der Waals surface area contributed by atoms with Gasteiger partial charge in [0, 0.05) is 11.9 Å². The van der Waals surface area contributed by atoms with Crippen molar-refractivity contribution in [2.45, 2.75) is 96.9 Å². The molecule has 1 heterocycles. The first-order chi connectivity index (χ1) is 12.3. The molecule has 3 nitrogen and oxygen atoms in total. The van der Waals surface area contributed by atoms with Gasteiger partial charge in [-0.05, 0) is 40.7 Å². The Morgan fingerprint density at radius 1 is 0.667 bits per heavy atom. The van der Waals surface area contributed by atoms with E-state index in [0.29, 0.717) is 17.8 Å². The summed E-state index contributed by atoms with van der Waals surface area (Å²) in [4.78, 5) is 11.6. The number of hydrogen-bond acceptors (Lipinski definition) is 1. The Labute approximate surface area is 171 Å². The summed E-state index contributed by atoms with van der Waals surface area (Å²) >= 11 is 0. The number of rotatable bonds is 3. The first-order valence-electron chi connectivity index (χ1n) is 10.8. The van der Waals surface area contributed by atoms with Crippen LogP contribution in [-0.4, -0.2) is 6.03 Å². The molecule has 1 aliphatic rings. The lowest BCUT2D eigenvalue weighted by Crippen LogP contribution is -2.32. The largest absolute Gasteiger partial charge is 0.322 e. The van der Waals surface area contributed by atoms with Gasteiger partial charge in [-0.3, -0.25) is 0 Å². The second-order valence-electron chi connectivity index (χ2n) is 8.95. The van der Waals surface area contributed by atoms with Crippen LogP contribution >= 0.6 is 0 Å². The second-order valence-corrected chi connectivity index (χ2v) is 8.95. The molecule has 2 N–H and O–H groups in total. The van der Waals surface area contributed by atoms with E-state index in [-0.39, 0.29) is 6.03 Å². The van der Waals surface area contributed by atoms with Crippen molar-refractivity contribution >= 4 is 6.03 Å². The Kier molecular flexibility index (Phi) is 19.1. The van der Waals surface area contributed by atoms with Gasteiger partial charge in [0.15, 0.2) is 0 Å². The van der Waals surface area contributed by atoms with E-state index in [0.717, 1.165) is 17.5 Å². The molecule has 0 aromatic rings. The summed E-state index contributed by atoms with van der Waals surface area (Å²) in [6.07, 6.45) is 1.85. The second kappa shape index (κ2) is 16.9. The molecule has 0 fully saturated rings. The topological polar surface area (TPSA) is 41.1 Å². The van der Waals surface area contributed by atoms with Crippen molar-refractivity contribution in [1.82, 2.24) is 10.6 Å². The summed E-state index contributed by atoms with van der Waals surface area (Å²) in [6, 6.07) is -0.137. The van der Waals surface area contributed by atoms with Crippen LogP contribution in [0.15, 0.2) is 23.0 Å². The molecule has 1 aliphatic heterocycles. The first-order valence-corrected chi connectivity index (χ1v) is 10.8. The van der Waals surface area contributed by atoms with Gasteiger partial charge in [-0.1, -0.05) is 96.9 Å².